The predicted octanol–water partition coefficient (Wildman–Crippen LogP) is 2.41. The molecular formula is C12H16Br2N6. The molecule has 108 valence electrons. The predicted molar refractivity (Wildman–Crippen MR) is 83.2 cm³/mol. The van der Waals surface area contributed by atoms with Crippen molar-refractivity contribution in [2.24, 2.45) is 7.05 Å². The number of rotatable bonds is 6. The molecule has 0 aliphatic carbocycles. The Balaban J connectivity index is 2.22. The van der Waals surface area contributed by atoms with Gasteiger partial charge in [-0.3, -0.25) is 4.98 Å². The molecule has 0 spiro atoms. The highest BCUT2D eigenvalue weighted by atomic mass is 79.9. The average molecular weight is 404 g/mol. The van der Waals surface area contributed by atoms with E-state index < -0.39 is 0 Å². The molecule has 2 aromatic heterocycles. The van der Waals surface area contributed by atoms with E-state index in [-0.39, 0.29) is 6.04 Å². The lowest BCUT2D eigenvalue weighted by molar-refractivity contribution is 0.504. The molecule has 2 aromatic rings. The van der Waals surface area contributed by atoms with Crippen molar-refractivity contribution in [2.75, 3.05) is 6.54 Å². The van der Waals surface area contributed by atoms with Crippen molar-refractivity contribution in [1.29, 1.82) is 0 Å². The maximum atomic E-state index is 4.50. The van der Waals surface area contributed by atoms with Gasteiger partial charge >= 0.3 is 0 Å². The van der Waals surface area contributed by atoms with E-state index in [9.17, 15) is 0 Å². The van der Waals surface area contributed by atoms with Gasteiger partial charge in [-0.25, -0.2) is 0 Å². The summed E-state index contributed by atoms with van der Waals surface area (Å²) in [5.41, 5.74) is 0.953. The van der Waals surface area contributed by atoms with Crippen LogP contribution in [0.5, 0.6) is 0 Å². The van der Waals surface area contributed by atoms with Crippen molar-refractivity contribution in [2.45, 2.75) is 25.8 Å². The number of aromatic nitrogens is 5. The normalized spacial score (nSPS) is 12.6. The molecule has 0 fully saturated rings. The van der Waals surface area contributed by atoms with Crippen LogP contribution in [0.2, 0.25) is 0 Å². The molecule has 2 heterocycles. The second kappa shape index (κ2) is 7.24. The van der Waals surface area contributed by atoms with Crippen LogP contribution >= 0.6 is 31.9 Å². The van der Waals surface area contributed by atoms with E-state index >= 15 is 0 Å². The van der Waals surface area contributed by atoms with E-state index in [1.165, 1.54) is 4.80 Å². The third kappa shape index (κ3) is 4.07. The molecule has 0 saturated carbocycles. The third-order valence-electron chi connectivity index (χ3n) is 2.74. The molecular weight excluding hydrogens is 388 g/mol. The highest BCUT2D eigenvalue weighted by Crippen LogP contribution is 2.26. The molecule has 2 rings (SSSR count). The van der Waals surface area contributed by atoms with Gasteiger partial charge in [0, 0.05) is 21.6 Å². The number of aryl methyl sites for hydroxylation is 1. The Morgan fingerprint density at radius 2 is 2.20 bits per heavy atom. The Labute approximate surface area is 134 Å². The quantitative estimate of drug-likeness (QED) is 0.801. The van der Waals surface area contributed by atoms with Crippen LogP contribution in [0.15, 0.2) is 21.2 Å². The first-order valence-electron chi connectivity index (χ1n) is 6.37. The minimum absolute atomic E-state index is 0.0571. The highest BCUT2D eigenvalue weighted by Gasteiger charge is 2.18. The lowest BCUT2D eigenvalue weighted by Gasteiger charge is -2.17. The molecule has 8 heteroatoms. The lowest BCUT2D eigenvalue weighted by Crippen LogP contribution is -2.26. The van der Waals surface area contributed by atoms with Gasteiger partial charge in [0.2, 0.25) is 0 Å². The van der Waals surface area contributed by atoms with E-state index in [0.717, 1.165) is 27.6 Å². The molecule has 20 heavy (non-hydrogen) atoms. The van der Waals surface area contributed by atoms with Gasteiger partial charge in [0.15, 0.2) is 5.82 Å². The summed E-state index contributed by atoms with van der Waals surface area (Å²) >= 11 is 6.98. The van der Waals surface area contributed by atoms with Crippen LogP contribution in [0.25, 0.3) is 0 Å². The van der Waals surface area contributed by atoms with Crippen LogP contribution in [0, 0.1) is 0 Å². The Bertz CT molecular complexity index is 571. The number of tetrazole rings is 1. The topological polar surface area (TPSA) is 68.5 Å². The fourth-order valence-corrected chi connectivity index (χ4v) is 3.12. The summed E-state index contributed by atoms with van der Waals surface area (Å²) in [4.78, 5) is 5.96. The van der Waals surface area contributed by atoms with Gasteiger partial charge in [-0.1, -0.05) is 6.92 Å². The van der Waals surface area contributed by atoms with Crippen LogP contribution in [-0.2, 0) is 13.5 Å². The SMILES string of the molecule is CCCNC(Cc1nnn(C)n1)c1ncc(Br)cc1Br. The lowest BCUT2D eigenvalue weighted by atomic mass is 10.1. The number of hydrogen-bond acceptors (Lipinski definition) is 5. The smallest absolute Gasteiger partial charge is 0.176 e. The third-order valence-corrected chi connectivity index (χ3v) is 3.81. The van der Waals surface area contributed by atoms with Gasteiger partial charge in [0.1, 0.15) is 0 Å². The highest BCUT2D eigenvalue weighted by molar-refractivity contribution is 9.11. The van der Waals surface area contributed by atoms with Crippen molar-refractivity contribution in [3.05, 3.63) is 32.7 Å². The Kier molecular flexibility index (Phi) is 5.62. The zero-order valence-electron chi connectivity index (χ0n) is 11.3. The molecule has 0 amide bonds. The zero-order valence-corrected chi connectivity index (χ0v) is 14.5. The minimum atomic E-state index is 0.0571. The molecule has 1 N–H and O–H groups in total. The number of nitrogens with one attached hydrogen (secondary N) is 1. The molecule has 6 nitrogen and oxygen atoms in total. The summed E-state index contributed by atoms with van der Waals surface area (Å²) in [6.45, 7) is 3.05. The van der Waals surface area contributed by atoms with E-state index in [2.05, 4.69) is 64.5 Å². The Hall–Kier alpha value is -0.860. The number of nitrogens with zero attached hydrogens (tertiary/aromatic N) is 5. The van der Waals surface area contributed by atoms with E-state index in [1.807, 2.05) is 6.07 Å². The van der Waals surface area contributed by atoms with Crippen molar-refractivity contribution in [3.8, 4) is 0 Å². The van der Waals surface area contributed by atoms with Gasteiger partial charge in [-0.15, -0.1) is 10.2 Å². The summed E-state index contributed by atoms with van der Waals surface area (Å²) in [5.74, 6) is 0.706. The maximum Gasteiger partial charge on any atom is 0.176 e. The fourth-order valence-electron chi connectivity index (χ4n) is 1.85. The maximum absolute atomic E-state index is 4.50. The van der Waals surface area contributed by atoms with Crippen LogP contribution < -0.4 is 5.32 Å². The second-order valence-electron chi connectivity index (χ2n) is 4.43. The van der Waals surface area contributed by atoms with Gasteiger partial charge < -0.3 is 5.32 Å². The van der Waals surface area contributed by atoms with E-state index in [1.54, 1.807) is 13.2 Å². The summed E-state index contributed by atoms with van der Waals surface area (Å²) in [6, 6.07) is 2.05. The standard InChI is InChI=1S/C12H16Br2N6/c1-3-4-15-10(6-11-17-19-20(2)18-11)12-9(14)5-8(13)7-16-12/h5,7,10,15H,3-4,6H2,1-2H3. The summed E-state index contributed by atoms with van der Waals surface area (Å²) in [5, 5.41) is 15.6. The first-order chi connectivity index (χ1) is 9.60. The van der Waals surface area contributed by atoms with Crippen LogP contribution in [0.3, 0.4) is 0 Å². The molecule has 1 unspecified atom stereocenters. The van der Waals surface area contributed by atoms with Crippen molar-refractivity contribution in [3.63, 3.8) is 0 Å². The number of halogens is 2. The molecule has 0 aliphatic heterocycles. The number of hydrogen-bond donors (Lipinski definition) is 1. The fraction of sp³-hybridized carbons (Fsp3) is 0.500. The zero-order chi connectivity index (χ0) is 14.5. The first-order valence-corrected chi connectivity index (χ1v) is 7.96. The van der Waals surface area contributed by atoms with Gasteiger partial charge in [0.25, 0.3) is 0 Å². The van der Waals surface area contributed by atoms with Gasteiger partial charge in [-0.2, -0.15) is 4.80 Å². The molecule has 1 atom stereocenters. The van der Waals surface area contributed by atoms with Crippen LogP contribution in [-0.4, -0.2) is 31.7 Å². The van der Waals surface area contributed by atoms with Crippen molar-refractivity contribution in [1.82, 2.24) is 30.5 Å². The Morgan fingerprint density at radius 1 is 1.40 bits per heavy atom. The molecule has 0 aromatic carbocycles. The van der Waals surface area contributed by atoms with Crippen LogP contribution in [0.4, 0.5) is 0 Å². The average Bonchev–Trinajstić information content (AvgIpc) is 2.80. The molecule has 0 radical (unpaired) electrons. The monoisotopic (exact) mass is 402 g/mol. The van der Waals surface area contributed by atoms with Gasteiger partial charge in [0.05, 0.1) is 18.8 Å². The summed E-state index contributed by atoms with van der Waals surface area (Å²) < 4.78 is 1.91. The summed E-state index contributed by atoms with van der Waals surface area (Å²) in [7, 11) is 1.76. The van der Waals surface area contributed by atoms with E-state index in [0.29, 0.717) is 12.2 Å². The molecule has 0 saturated heterocycles. The first kappa shape index (κ1) is 15.5. The van der Waals surface area contributed by atoms with Crippen molar-refractivity contribution < 1.29 is 0 Å². The van der Waals surface area contributed by atoms with E-state index in [4.69, 9.17) is 0 Å². The minimum Gasteiger partial charge on any atom is -0.308 e. The molecule has 0 aliphatic rings. The largest absolute Gasteiger partial charge is 0.308 e. The van der Waals surface area contributed by atoms with Crippen LogP contribution in [0.1, 0.15) is 30.9 Å². The number of pyridine rings is 1. The summed E-state index contributed by atoms with van der Waals surface area (Å²) in [6.07, 6.45) is 3.50. The Morgan fingerprint density at radius 3 is 2.80 bits per heavy atom. The van der Waals surface area contributed by atoms with Crippen molar-refractivity contribution >= 4 is 31.9 Å². The second-order valence-corrected chi connectivity index (χ2v) is 6.20. The van der Waals surface area contributed by atoms with Gasteiger partial charge in [-0.05, 0) is 56.1 Å². The molecule has 0 bridgehead atoms.